The molecule has 0 amide bonds. The summed E-state index contributed by atoms with van der Waals surface area (Å²) < 4.78 is 5.87. The lowest BCUT2D eigenvalue weighted by Gasteiger charge is -2.35. The van der Waals surface area contributed by atoms with Crippen molar-refractivity contribution in [2.24, 2.45) is 5.92 Å². The summed E-state index contributed by atoms with van der Waals surface area (Å²) in [6, 6.07) is 10.4. The SMILES string of the molecule is CC1COc2ccccc2C1NC1CCN2CCCC12. The van der Waals surface area contributed by atoms with Crippen LogP contribution in [0.5, 0.6) is 5.75 Å². The van der Waals surface area contributed by atoms with Crippen molar-refractivity contribution in [3.05, 3.63) is 29.8 Å². The molecule has 108 valence electrons. The Morgan fingerprint density at radius 2 is 2.10 bits per heavy atom. The van der Waals surface area contributed by atoms with Gasteiger partial charge in [0.25, 0.3) is 0 Å². The minimum atomic E-state index is 0.450. The molecule has 0 spiro atoms. The van der Waals surface area contributed by atoms with Gasteiger partial charge in [-0.2, -0.15) is 0 Å². The minimum absolute atomic E-state index is 0.450. The Hall–Kier alpha value is -1.06. The first-order valence-electron chi connectivity index (χ1n) is 8.05. The maximum atomic E-state index is 5.87. The Labute approximate surface area is 121 Å². The highest BCUT2D eigenvalue weighted by atomic mass is 16.5. The molecule has 0 radical (unpaired) electrons. The van der Waals surface area contributed by atoms with Crippen LogP contribution >= 0.6 is 0 Å². The molecule has 3 heteroatoms. The van der Waals surface area contributed by atoms with Crippen LogP contribution in [0, 0.1) is 5.92 Å². The fraction of sp³-hybridized carbons (Fsp3) is 0.647. The van der Waals surface area contributed by atoms with E-state index in [0.29, 0.717) is 18.0 Å². The smallest absolute Gasteiger partial charge is 0.124 e. The van der Waals surface area contributed by atoms with E-state index >= 15 is 0 Å². The van der Waals surface area contributed by atoms with E-state index in [4.69, 9.17) is 4.74 Å². The van der Waals surface area contributed by atoms with Crippen molar-refractivity contribution in [2.75, 3.05) is 19.7 Å². The van der Waals surface area contributed by atoms with E-state index in [0.717, 1.165) is 18.4 Å². The summed E-state index contributed by atoms with van der Waals surface area (Å²) in [4.78, 5) is 2.67. The van der Waals surface area contributed by atoms with Crippen molar-refractivity contribution in [2.45, 2.75) is 44.3 Å². The van der Waals surface area contributed by atoms with Gasteiger partial charge in [-0.3, -0.25) is 4.90 Å². The fourth-order valence-corrected chi connectivity index (χ4v) is 4.25. The van der Waals surface area contributed by atoms with Gasteiger partial charge < -0.3 is 10.1 Å². The Bertz CT molecular complexity index is 490. The number of nitrogens with zero attached hydrogens (tertiary/aromatic N) is 1. The molecule has 1 N–H and O–H groups in total. The monoisotopic (exact) mass is 272 g/mol. The predicted molar refractivity (Wildman–Crippen MR) is 80.0 cm³/mol. The van der Waals surface area contributed by atoms with Crippen molar-refractivity contribution in [3.63, 3.8) is 0 Å². The number of nitrogens with one attached hydrogen (secondary N) is 1. The average Bonchev–Trinajstić information content (AvgIpc) is 3.06. The molecule has 3 nitrogen and oxygen atoms in total. The van der Waals surface area contributed by atoms with Crippen LogP contribution in [0.25, 0.3) is 0 Å². The number of benzene rings is 1. The van der Waals surface area contributed by atoms with Crippen LogP contribution in [0.15, 0.2) is 24.3 Å². The van der Waals surface area contributed by atoms with Crippen LogP contribution in [0.2, 0.25) is 0 Å². The van der Waals surface area contributed by atoms with E-state index in [1.165, 1.54) is 37.9 Å². The summed E-state index contributed by atoms with van der Waals surface area (Å²) >= 11 is 0. The third-order valence-electron chi connectivity index (χ3n) is 5.32. The van der Waals surface area contributed by atoms with Gasteiger partial charge in [-0.15, -0.1) is 0 Å². The number of hydrogen-bond acceptors (Lipinski definition) is 3. The number of rotatable bonds is 2. The van der Waals surface area contributed by atoms with Crippen molar-refractivity contribution in [1.82, 2.24) is 10.2 Å². The molecule has 2 saturated heterocycles. The molecule has 1 aromatic rings. The summed E-state index contributed by atoms with van der Waals surface area (Å²) in [6.07, 6.45) is 4.05. The van der Waals surface area contributed by atoms with Gasteiger partial charge in [0.05, 0.1) is 6.61 Å². The van der Waals surface area contributed by atoms with Crippen LogP contribution in [0.3, 0.4) is 0 Å². The molecular formula is C17H24N2O. The maximum absolute atomic E-state index is 5.87. The molecule has 1 aromatic carbocycles. The van der Waals surface area contributed by atoms with E-state index in [9.17, 15) is 0 Å². The lowest BCUT2D eigenvalue weighted by molar-refractivity contribution is 0.173. The molecule has 20 heavy (non-hydrogen) atoms. The zero-order valence-electron chi connectivity index (χ0n) is 12.2. The highest BCUT2D eigenvalue weighted by molar-refractivity contribution is 5.38. The second-order valence-corrected chi connectivity index (χ2v) is 6.61. The lowest BCUT2D eigenvalue weighted by atomic mass is 9.90. The zero-order valence-corrected chi connectivity index (χ0v) is 12.2. The van der Waals surface area contributed by atoms with Gasteiger partial charge in [0.2, 0.25) is 0 Å². The van der Waals surface area contributed by atoms with Gasteiger partial charge in [-0.05, 0) is 31.9 Å². The van der Waals surface area contributed by atoms with Crippen molar-refractivity contribution in [3.8, 4) is 5.75 Å². The van der Waals surface area contributed by atoms with Crippen molar-refractivity contribution in [1.29, 1.82) is 0 Å². The van der Waals surface area contributed by atoms with Gasteiger partial charge in [0, 0.05) is 36.2 Å². The molecule has 0 saturated carbocycles. The first-order chi connectivity index (χ1) is 9.83. The Balaban J connectivity index is 1.56. The zero-order chi connectivity index (χ0) is 13.5. The van der Waals surface area contributed by atoms with Gasteiger partial charge in [-0.1, -0.05) is 25.1 Å². The predicted octanol–water partition coefficient (Wildman–Crippen LogP) is 2.58. The van der Waals surface area contributed by atoms with Crippen molar-refractivity contribution < 1.29 is 4.74 Å². The summed E-state index contributed by atoms with van der Waals surface area (Å²) in [5, 5.41) is 3.97. The van der Waals surface area contributed by atoms with Gasteiger partial charge in [0.15, 0.2) is 0 Å². The average molecular weight is 272 g/mol. The molecular weight excluding hydrogens is 248 g/mol. The third kappa shape index (κ3) is 2.04. The molecule has 0 bridgehead atoms. The van der Waals surface area contributed by atoms with Crippen LogP contribution in [-0.2, 0) is 0 Å². The lowest BCUT2D eigenvalue weighted by Crippen LogP contribution is -2.44. The molecule has 3 aliphatic heterocycles. The van der Waals surface area contributed by atoms with E-state index < -0.39 is 0 Å². The number of para-hydroxylation sites is 1. The van der Waals surface area contributed by atoms with Crippen LogP contribution in [-0.4, -0.2) is 36.7 Å². The van der Waals surface area contributed by atoms with Gasteiger partial charge in [-0.25, -0.2) is 0 Å². The number of hydrogen-bond donors (Lipinski definition) is 1. The molecule has 4 unspecified atom stereocenters. The first kappa shape index (κ1) is 12.7. The van der Waals surface area contributed by atoms with E-state index in [1.807, 2.05) is 0 Å². The Morgan fingerprint density at radius 3 is 3.05 bits per heavy atom. The number of fused-ring (bicyclic) bond motifs is 2. The van der Waals surface area contributed by atoms with Crippen molar-refractivity contribution >= 4 is 0 Å². The van der Waals surface area contributed by atoms with Gasteiger partial charge >= 0.3 is 0 Å². The molecule has 0 aliphatic carbocycles. The van der Waals surface area contributed by atoms with Crippen LogP contribution < -0.4 is 10.1 Å². The highest BCUT2D eigenvalue weighted by Gasteiger charge is 2.39. The molecule has 4 rings (SSSR count). The maximum Gasteiger partial charge on any atom is 0.124 e. The topological polar surface area (TPSA) is 24.5 Å². The standard InChI is InChI=1S/C17H24N2O/c1-12-11-20-16-7-3-2-5-13(16)17(12)18-14-8-10-19-9-4-6-15(14)19/h2-3,5,7,12,14-15,17-18H,4,6,8-11H2,1H3. The summed E-state index contributed by atoms with van der Waals surface area (Å²) in [5.74, 6) is 1.62. The molecule has 2 fully saturated rings. The second kappa shape index (κ2) is 5.05. The molecule has 0 aromatic heterocycles. The molecule has 3 aliphatic rings. The Morgan fingerprint density at radius 1 is 1.20 bits per heavy atom. The Kier molecular flexibility index (Phi) is 3.20. The molecule has 3 heterocycles. The quantitative estimate of drug-likeness (QED) is 0.895. The molecule has 4 atom stereocenters. The van der Waals surface area contributed by atoms with Crippen LogP contribution in [0.1, 0.15) is 37.8 Å². The third-order valence-corrected chi connectivity index (χ3v) is 5.32. The second-order valence-electron chi connectivity index (χ2n) is 6.61. The van der Waals surface area contributed by atoms with Gasteiger partial charge in [0.1, 0.15) is 5.75 Å². The normalized spacial score (nSPS) is 36.5. The highest BCUT2D eigenvalue weighted by Crippen LogP contribution is 2.37. The number of ether oxygens (including phenoxy) is 1. The minimum Gasteiger partial charge on any atom is -0.493 e. The van der Waals surface area contributed by atoms with E-state index in [-0.39, 0.29) is 0 Å². The largest absolute Gasteiger partial charge is 0.493 e. The van der Waals surface area contributed by atoms with E-state index in [2.05, 4.69) is 41.4 Å². The first-order valence-corrected chi connectivity index (χ1v) is 8.05. The van der Waals surface area contributed by atoms with Crippen LogP contribution in [0.4, 0.5) is 0 Å². The summed E-state index contributed by atoms with van der Waals surface area (Å²) in [6.45, 7) is 5.72. The summed E-state index contributed by atoms with van der Waals surface area (Å²) in [5.41, 5.74) is 1.35. The summed E-state index contributed by atoms with van der Waals surface area (Å²) in [7, 11) is 0. The van der Waals surface area contributed by atoms with E-state index in [1.54, 1.807) is 0 Å². The fourth-order valence-electron chi connectivity index (χ4n) is 4.25.